The van der Waals surface area contributed by atoms with Crippen molar-refractivity contribution in [2.75, 3.05) is 0 Å². The van der Waals surface area contributed by atoms with Gasteiger partial charge in [0.15, 0.2) is 0 Å². The van der Waals surface area contributed by atoms with E-state index in [9.17, 15) is 9.59 Å². The first-order valence-corrected chi connectivity index (χ1v) is 14.3. The van der Waals surface area contributed by atoms with E-state index in [0.717, 1.165) is 53.4 Å². The van der Waals surface area contributed by atoms with Crippen LogP contribution >= 0.6 is 11.6 Å². The first kappa shape index (κ1) is 25.8. The van der Waals surface area contributed by atoms with Gasteiger partial charge in [0.05, 0.1) is 17.7 Å². The molecule has 1 aliphatic carbocycles. The molecule has 39 heavy (non-hydrogen) atoms. The Morgan fingerprint density at radius 1 is 1.05 bits per heavy atom. The third-order valence-electron chi connectivity index (χ3n) is 8.66. The Labute approximate surface area is 234 Å². The molecule has 2 aliphatic rings. The van der Waals surface area contributed by atoms with E-state index < -0.39 is 5.54 Å². The number of carbonyl (C=O) groups is 2. The molecular formula is C32H35ClN4O2. The highest BCUT2D eigenvalue weighted by Gasteiger charge is 2.49. The van der Waals surface area contributed by atoms with E-state index in [4.69, 9.17) is 11.6 Å². The van der Waals surface area contributed by atoms with Gasteiger partial charge < -0.3 is 19.4 Å². The summed E-state index contributed by atoms with van der Waals surface area (Å²) in [7, 11) is 0. The van der Waals surface area contributed by atoms with Gasteiger partial charge in [-0.1, -0.05) is 42.3 Å². The number of rotatable bonds is 5. The van der Waals surface area contributed by atoms with Crippen LogP contribution in [0.25, 0.3) is 16.6 Å². The highest BCUT2D eigenvalue weighted by atomic mass is 35.5. The summed E-state index contributed by atoms with van der Waals surface area (Å²) in [6.07, 6.45) is 8.12. The van der Waals surface area contributed by atoms with Gasteiger partial charge in [-0.3, -0.25) is 9.59 Å². The number of carbonyl (C=O) groups excluding carboxylic acids is 2. The molecule has 0 saturated heterocycles. The third-order valence-corrected chi connectivity index (χ3v) is 8.91. The molecule has 4 aromatic rings. The number of amides is 2. The topological polar surface area (TPSA) is 59.3 Å². The van der Waals surface area contributed by atoms with Crippen molar-refractivity contribution in [3.63, 3.8) is 0 Å². The molecule has 6 nitrogen and oxygen atoms in total. The quantitative estimate of drug-likeness (QED) is 0.313. The Morgan fingerprint density at radius 3 is 2.44 bits per heavy atom. The van der Waals surface area contributed by atoms with Gasteiger partial charge in [0.2, 0.25) is 5.91 Å². The standard InChI is InChI=1S/C32H35ClN4O2/c1-21-6-13-25(14-7-21)34-31(39)32(3)20-36-27-15-8-22(2)18-26(27)28(35-16-4-5-17-35)29(36)30(38)37(32)19-23-9-11-24(33)12-10-23/h4-5,8-12,15-18,21,25H,6-7,13-14,19-20H2,1-3H3,(H,34,39)/t21?,25?,32-/m0/s1. The summed E-state index contributed by atoms with van der Waals surface area (Å²) in [6.45, 7) is 6.94. The van der Waals surface area contributed by atoms with Crippen molar-refractivity contribution < 1.29 is 9.59 Å². The lowest BCUT2D eigenvalue weighted by Crippen LogP contribution is -2.64. The minimum atomic E-state index is -1.07. The Hall–Kier alpha value is -3.51. The van der Waals surface area contributed by atoms with E-state index in [1.807, 2.05) is 60.3 Å². The maximum atomic E-state index is 14.6. The predicted molar refractivity (Wildman–Crippen MR) is 155 cm³/mol. The van der Waals surface area contributed by atoms with Crippen LogP contribution in [0.5, 0.6) is 0 Å². The van der Waals surface area contributed by atoms with Crippen molar-refractivity contribution in [3.05, 3.63) is 88.8 Å². The summed E-state index contributed by atoms with van der Waals surface area (Å²) in [6, 6.07) is 17.9. The van der Waals surface area contributed by atoms with Gasteiger partial charge >= 0.3 is 0 Å². The molecule has 2 amide bonds. The molecule has 1 aliphatic heterocycles. The molecule has 0 radical (unpaired) electrons. The van der Waals surface area contributed by atoms with E-state index in [1.165, 1.54) is 0 Å². The van der Waals surface area contributed by atoms with Crippen molar-refractivity contribution in [1.29, 1.82) is 0 Å². The molecule has 6 rings (SSSR count). The van der Waals surface area contributed by atoms with Crippen molar-refractivity contribution >= 4 is 34.3 Å². The smallest absolute Gasteiger partial charge is 0.273 e. The average molecular weight is 543 g/mol. The van der Waals surface area contributed by atoms with Crippen LogP contribution < -0.4 is 5.32 Å². The highest BCUT2D eigenvalue weighted by molar-refractivity contribution is 6.30. The maximum absolute atomic E-state index is 14.6. The molecular weight excluding hydrogens is 508 g/mol. The number of hydrogen-bond donors (Lipinski definition) is 1. The fourth-order valence-electron chi connectivity index (χ4n) is 6.28. The lowest BCUT2D eigenvalue weighted by atomic mass is 9.86. The predicted octanol–water partition coefficient (Wildman–Crippen LogP) is 6.50. The van der Waals surface area contributed by atoms with E-state index in [0.29, 0.717) is 29.7 Å². The molecule has 2 aromatic carbocycles. The zero-order valence-corrected chi connectivity index (χ0v) is 23.5. The molecule has 1 saturated carbocycles. The van der Waals surface area contributed by atoms with Gasteiger partial charge in [0.25, 0.3) is 5.91 Å². The summed E-state index contributed by atoms with van der Waals surface area (Å²) in [5.74, 6) is 0.450. The Kier molecular flexibility index (Phi) is 6.54. The number of benzene rings is 2. The lowest BCUT2D eigenvalue weighted by molar-refractivity contribution is -0.134. The van der Waals surface area contributed by atoms with Crippen LogP contribution in [0, 0.1) is 12.8 Å². The molecule has 7 heteroatoms. The monoisotopic (exact) mass is 542 g/mol. The van der Waals surface area contributed by atoms with Crippen LogP contribution in [-0.4, -0.2) is 37.4 Å². The van der Waals surface area contributed by atoms with Crippen LogP contribution in [0.1, 0.15) is 61.1 Å². The SMILES string of the molecule is Cc1ccc2c(c1)c(-n1cccc1)c1n2C[C@@](C)(C(=O)NC2CCC(C)CC2)N(Cc2ccc(Cl)cc2)C1=O. The van der Waals surface area contributed by atoms with Gasteiger partial charge in [-0.25, -0.2) is 0 Å². The average Bonchev–Trinajstić information content (AvgIpc) is 3.55. The first-order chi connectivity index (χ1) is 18.7. The van der Waals surface area contributed by atoms with E-state index in [2.05, 4.69) is 41.9 Å². The highest BCUT2D eigenvalue weighted by Crippen LogP contribution is 2.39. The molecule has 1 N–H and O–H groups in total. The second-order valence-electron chi connectivity index (χ2n) is 11.6. The molecule has 2 aromatic heterocycles. The van der Waals surface area contributed by atoms with Crippen LogP contribution in [0.3, 0.4) is 0 Å². The van der Waals surface area contributed by atoms with Gasteiger partial charge in [-0.15, -0.1) is 0 Å². The summed E-state index contributed by atoms with van der Waals surface area (Å²) >= 11 is 6.16. The number of nitrogens with one attached hydrogen (secondary N) is 1. The van der Waals surface area contributed by atoms with E-state index in [-0.39, 0.29) is 17.9 Å². The van der Waals surface area contributed by atoms with Crippen LogP contribution in [0.2, 0.25) is 5.02 Å². The Balaban J connectivity index is 1.48. The Morgan fingerprint density at radius 2 is 1.74 bits per heavy atom. The molecule has 1 atom stereocenters. The summed E-state index contributed by atoms with van der Waals surface area (Å²) in [5, 5.41) is 4.99. The number of halogens is 1. The van der Waals surface area contributed by atoms with Gasteiger partial charge in [0, 0.05) is 35.4 Å². The minimum Gasteiger partial charge on any atom is -0.351 e. The maximum Gasteiger partial charge on any atom is 0.273 e. The molecule has 0 unspecified atom stereocenters. The van der Waals surface area contributed by atoms with Crippen molar-refractivity contribution in [2.45, 2.75) is 71.1 Å². The summed E-state index contributed by atoms with van der Waals surface area (Å²) < 4.78 is 4.07. The van der Waals surface area contributed by atoms with Crippen molar-refractivity contribution in [1.82, 2.24) is 19.4 Å². The summed E-state index contributed by atoms with van der Waals surface area (Å²) in [5.41, 5.74) is 3.41. The fraction of sp³-hybridized carbons (Fsp3) is 0.375. The van der Waals surface area contributed by atoms with E-state index >= 15 is 0 Å². The number of aryl methyl sites for hydroxylation is 1. The number of hydrogen-bond acceptors (Lipinski definition) is 2. The van der Waals surface area contributed by atoms with Crippen LogP contribution in [-0.2, 0) is 17.9 Å². The van der Waals surface area contributed by atoms with Gasteiger partial charge in [-0.2, -0.15) is 0 Å². The molecule has 202 valence electrons. The molecule has 0 bridgehead atoms. The number of fused-ring (bicyclic) bond motifs is 3. The van der Waals surface area contributed by atoms with E-state index in [1.54, 1.807) is 4.90 Å². The lowest BCUT2D eigenvalue weighted by Gasteiger charge is -2.45. The second kappa shape index (κ2) is 9.91. The molecule has 0 spiro atoms. The Bertz CT molecular complexity index is 1530. The van der Waals surface area contributed by atoms with Crippen LogP contribution in [0.15, 0.2) is 67.0 Å². The number of nitrogens with zero attached hydrogens (tertiary/aromatic N) is 3. The zero-order valence-electron chi connectivity index (χ0n) is 22.8. The molecule has 3 heterocycles. The van der Waals surface area contributed by atoms with Crippen LogP contribution in [0.4, 0.5) is 0 Å². The number of aromatic nitrogens is 2. The normalized spacial score (nSPS) is 23.2. The van der Waals surface area contributed by atoms with Crippen molar-refractivity contribution in [2.24, 2.45) is 5.92 Å². The second-order valence-corrected chi connectivity index (χ2v) is 12.1. The largest absolute Gasteiger partial charge is 0.351 e. The minimum absolute atomic E-state index is 0.0912. The first-order valence-electron chi connectivity index (χ1n) is 13.9. The fourth-order valence-corrected chi connectivity index (χ4v) is 6.41. The van der Waals surface area contributed by atoms with Gasteiger partial charge in [0.1, 0.15) is 11.2 Å². The summed E-state index contributed by atoms with van der Waals surface area (Å²) in [4.78, 5) is 30.5. The third kappa shape index (κ3) is 4.55. The van der Waals surface area contributed by atoms with Gasteiger partial charge in [-0.05, 0) is 87.4 Å². The van der Waals surface area contributed by atoms with Crippen molar-refractivity contribution in [3.8, 4) is 5.69 Å². The molecule has 1 fully saturated rings. The zero-order chi connectivity index (χ0) is 27.3.